The molecular formula is C11H8N3. The Kier molecular flexibility index (Phi) is 1.44. The number of H-pyrrole nitrogens is 2. The number of nitrogens with zero attached hydrogens (tertiary/aromatic N) is 1. The molecular weight excluding hydrogens is 174 g/mol. The van der Waals surface area contributed by atoms with E-state index in [0.717, 1.165) is 22.2 Å². The fourth-order valence-corrected chi connectivity index (χ4v) is 1.61. The van der Waals surface area contributed by atoms with Crippen molar-refractivity contribution < 1.29 is 0 Å². The van der Waals surface area contributed by atoms with Gasteiger partial charge in [-0.1, -0.05) is 18.2 Å². The van der Waals surface area contributed by atoms with Crippen LogP contribution in [0.2, 0.25) is 0 Å². The summed E-state index contributed by atoms with van der Waals surface area (Å²) in [4.78, 5) is 3.10. The average Bonchev–Trinajstić information content (AvgIpc) is 2.85. The predicted molar refractivity (Wildman–Crippen MR) is 54.7 cm³/mol. The van der Waals surface area contributed by atoms with E-state index >= 15 is 0 Å². The van der Waals surface area contributed by atoms with Crippen molar-refractivity contribution >= 4 is 10.9 Å². The number of nitrogens with one attached hydrogen (secondary N) is 2. The zero-order chi connectivity index (χ0) is 9.38. The van der Waals surface area contributed by atoms with Crippen LogP contribution in [0.3, 0.4) is 0 Å². The summed E-state index contributed by atoms with van der Waals surface area (Å²) in [6, 6.07) is 10.0. The predicted octanol–water partition coefficient (Wildman–Crippen LogP) is 2.36. The Morgan fingerprint density at radius 3 is 2.93 bits per heavy atom. The summed E-state index contributed by atoms with van der Waals surface area (Å²) in [5.41, 5.74) is 3.02. The zero-order valence-electron chi connectivity index (χ0n) is 7.41. The highest BCUT2D eigenvalue weighted by Crippen LogP contribution is 2.25. The van der Waals surface area contributed by atoms with Crippen LogP contribution in [0.4, 0.5) is 0 Å². The van der Waals surface area contributed by atoms with Crippen LogP contribution in [-0.4, -0.2) is 15.2 Å². The highest BCUT2D eigenvalue weighted by molar-refractivity contribution is 5.93. The first-order valence-electron chi connectivity index (χ1n) is 4.44. The molecule has 3 heteroatoms. The minimum absolute atomic E-state index is 0.919. The van der Waals surface area contributed by atoms with E-state index in [1.807, 2.05) is 30.5 Å². The fourth-order valence-electron chi connectivity index (χ4n) is 1.61. The third-order valence-corrected chi connectivity index (χ3v) is 2.28. The van der Waals surface area contributed by atoms with E-state index < -0.39 is 0 Å². The number of hydrogen-bond donors (Lipinski definition) is 2. The lowest BCUT2D eigenvalue weighted by Gasteiger charge is -1.91. The Balaban J connectivity index is 2.33. The second-order valence-electron chi connectivity index (χ2n) is 3.13. The molecule has 1 aromatic carbocycles. The topological polar surface area (TPSA) is 44.5 Å². The highest BCUT2D eigenvalue weighted by Gasteiger charge is 2.06. The number of para-hydroxylation sites is 1. The fraction of sp³-hybridized carbons (Fsp3) is 0. The van der Waals surface area contributed by atoms with Crippen molar-refractivity contribution in [2.75, 3.05) is 0 Å². The number of rotatable bonds is 1. The van der Waals surface area contributed by atoms with Crippen LogP contribution in [0.1, 0.15) is 0 Å². The van der Waals surface area contributed by atoms with Crippen molar-refractivity contribution in [2.24, 2.45) is 0 Å². The van der Waals surface area contributed by atoms with Crippen molar-refractivity contribution in [2.45, 2.75) is 0 Å². The SMILES string of the molecule is [c]1[nH]c2ccccc2c1-c1cc[nH]n1. The van der Waals surface area contributed by atoms with Crippen LogP contribution < -0.4 is 0 Å². The van der Waals surface area contributed by atoms with Gasteiger partial charge in [-0.3, -0.25) is 5.10 Å². The lowest BCUT2D eigenvalue weighted by atomic mass is 10.1. The molecule has 3 nitrogen and oxygen atoms in total. The molecule has 0 saturated carbocycles. The van der Waals surface area contributed by atoms with E-state index in [2.05, 4.69) is 27.4 Å². The Morgan fingerprint density at radius 1 is 1.14 bits per heavy atom. The number of aromatic amines is 2. The van der Waals surface area contributed by atoms with E-state index in [1.165, 1.54) is 0 Å². The van der Waals surface area contributed by atoms with Gasteiger partial charge in [0.1, 0.15) is 0 Å². The van der Waals surface area contributed by atoms with Crippen LogP contribution in [0, 0.1) is 6.20 Å². The van der Waals surface area contributed by atoms with Crippen LogP contribution >= 0.6 is 0 Å². The third-order valence-electron chi connectivity index (χ3n) is 2.28. The van der Waals surface area contributed by atoms with E-state index in [4.69, 9.17) is 0 Å². The molecule has 0 bridgehead atoms. The first kappa shape index (κ1) is 7.38. The Morgan fingerprint density at radius 2 is 2.07 bits per heavy atom. The minimum Gasteiger partial charge on any atom is -0.353 e. The number of fused-ring (bicyclic) bond motifs is 1. The van der Waals surface area contributed by atoms with Gasteiger partial charge in [0.15, 0.2) is 0 Å². The maximum absolute atomic E-state index is 4.13. The molecule has 3 rings (SSSR count). The Hall–Kier alpha value is -2.03. The van der Waals surface area contributed by atoms with Gasteiger partial charge in [-0.15, -0.1) is 0 Å². The molecule has 2 N–H and O–H groups in total. The Labute approximate surface area is 80.8 Å². The molecule has 2 heterocycles. The van der Waals surface area contributed by atoms with Crippen molar-refractivity contribution in [3.05, 3.63) is 42.7 Å². The normalized spacial score (nSPS) is 10.9. The van der Waals surface area contributed by atoms with Gasteiger partial charge < -0.3 is 4.98 Å². The van der Waals surface area contributed by atoms with E-state index in [9.17, 15) is 0 Å². The molecule has 0 saturated heterocycles. The molecule has 1 radical (unpaired) electrons. The highest BCUT2D eigenvalue weighted by atomic mass is 15.1. The molecule has 3 aromatic rings. The molecule has 0 aliphatic heterocycles. The van der Waals surface area contributed by atoms with Gasteiger partial charge in [0.25, 0.3) is 0 Å². The molecule has 0 fully saturated rings. The monoisotopic (exact) mass is 182 g/mol. The molecule has 0 unspecified atom stereocenters. The van der Waals surface area contributed by atoms with Gasteiger partial charge in [0, 0.05) is 22.7 Å². The summed E-state index contributed by atoms with van der Waals surface area (Å²) in [6.45, 7) is 0. The summed E-state index contributed by atoms with van der Waals surface area (Å²) in [6.07, 6.45) is 4.92. The molecule has 14 heavy (non-hydrogen) atoms. The van der Waals surface area contributed by atoms with Crippen LogP contribution in [-0.2, 0) is 0 Å². The third kappa shape index (κ3) is 0.956. The first-order valence-corrected chi connectivity index (χ1v) is 4.44. The van der Waals surface area contributed by atoms with Gasteiger partial charge in [0.2, 0.25) is 0 Å². The lowest BCUT2D eigenvalue weighted by Crippen LogP contribution is -1.74. The summed E-state index contributed by atoms with van der Waals surface area (Å²) in [7, 11) is 0. The minimum atomic E-state index is 0.919. The number of aromatic nitrogens is 3. The second kappa shape index (κ2) is 2.73. The molecule has 0 atom stereocenters. The molecule has 0 amide bonds. The standard InChI is InChI=1S/C11H8N3/c1-2-4-10-8(3-1)9(7-12-10)11-5-6-13-14-11/h1-6,12H,(H,13,14). The van der Waals surface area contributed by atoms with E-state index in [1.54, 1.807) is 0 Å². The maximum atomic E-state index is 4.13. The summed E-state index contributed by atoms with van der Waals surface area (Å²) >= 11 is 0. The van der Waals surface area contributed by atoms with Gasteiger partial charge in [0.05, 0.1) is 11.9 Å². The molecule has 0 aliphatic rings. The second-order valence-corrected chi connectivity index (χ2v) is 3.13. The van der Waals surface area contributed by atoms with Gasteiger partial charge in [-0.05, 0) is 12.1 Å². The largest absolute Gasteiger partial charge is 0.353 e. The van der Waals surface area contributed by atoms with E-state index in [0.29, 0.717) is 0 Å². The van der Waals surface area contributed by atoms with Crippen molar-refractivity contribution in [1.82, 2.24) is 15.2 Å². The summed E-state index contributed by atoms with van der Waals surface area (Å²) < 4.78 is 0. The smallest absolute Gasteiger partial charge is 0.0949 e. The Bertz CT molecular complexity index is 549. The summed E-state index contributed by atoms with van der Waals surface area (Å²) in [5, 5.41) is 8.08. The lowest BCUT2D eigenvalue weighted by molar-refractivity contribution is 1.10. The summed E-state index contributed by atoms with van der Waals surface area (Å²) in [5.74, 6) is 0. The van der Waals surface area contributed by atoms with Crippen LogP contribution in [0.25, 0.3) is 22.2 Å². The number of benzene rings is 1. The van der Waals surface area contributed by atoms with Gasteiger partial charge in [-0.25, -0.2) is 0 Å². The van der Waals surface area contributed by atoms with Gasteiger partial charge in [-0.2, -0.15) is 5.10 Å². The van der Waals surface area contributed by atoms with Crippen molar-refractivity contribution in [1.29, 1.82) is 0 Å². The average molecular weight is 182 g/mol. The molecule has 0 spiro atoms. The van der Waals surface area contributed by atoms with Gasteiger partial charge >= 0.3 is 0 Å². The first-order chi connectivity index (χ1) is 6.95. The van der Waals surface area contributed by atoms with Crippen LogP contribution in [0.15, 0.2) is 36.5 Å². The van der Waals surface area contributed by atoms with Crippen molar-refractivity contribution in [3.63, 3.8) is 0 Å². The van der Waals surface area contributed by atoms with E-state index in [-0.39, 0.29) is 0 Å². The molecule has 0 aliphatic carbocycles. The molecule has 2 aromatic heterocycles. The molecule has 67 valence electrons. The maximum Gasteiger partial charge on any atom is 0.0949 e. The zero-order valence-corrected chi connectivity index (χ0v) is 7.41. The van der Waals surface area contributed by atoms with Crippen molar-refractivity contribution in [3.8, 4) is 11.3 Å². The quantitative estimate of drug-likeness (QED) is 0.596. The number of hydrogen-bond acceptors (Lipinski definition) is 1. The van der Waals surface area contributed by atoms with Crippen LogP contribution in [0.5, 0.6) is 0 Å².